The Labute approximate surface area is 111 Å². The number of sulfonamides is 1. The molecule has 7 heteroatoms. The Morgan fingerprint density at radius 3 is 2.68 bits per heavy atom. The number of aliphatic hydroxyl groups excluding tert-OH is 1. The van der Waals surface area contributed by atoms with Gasteiger partial charge in [-0.2, -0.15) is 9.57 Å². The monoisotopic (exact) mass is 282 g/mol. The molecule has 19 heavy (non-hydrogen) atoms. The normalized spacial score (nSPS) is 24.3. The van der Waals surface area contributed by atoms with E-state index in [2.05, 4.69) is 0 Å². The molecule has 1 aromatic rings. The van der Waals surface area contributed by atoms with Crippen LogP contribution in [0.25, 0.3) is 0 Å². The van der Waals surface area contributed by atoms with Crippen molar-refractivity contribution in [1.29, 1.82) is 5.26 Å². The molecule has 0 radical (unpaired) electrons. The Morgan fingerprint density at radius 1 is 1.42 bits per heavy atom. The van der Waals surface area contributed by atoms with Crippen LogP contribution >= 0.6 is 0 Å². The molecule has 1 atom stereocenters. The highest BCUT2D eigenvalue weighted by molar-refractivity contribution is 7.89. The SMILES string of the molecule is N#Cc1ccccc1S(=O)(=O)N1CC[C@](O)(CO)C1. The molecule has 0 spiro atoms. The fourth-order valence-electron chi connectivity index (χ4n) is 2.08. The van der Waals surface area contributed by atoms with E-state index in [0.717, 1.165) is 4.31 Å². The Bertz CT molecular complexity index is 623. The van der Waals surface area contributed by atoms with Crippen LogP contribution in [0.1, 0.15) is 12.0 Å². The lowest BCUT2D eigenvalue weighted by atomic mass is 10.1. The van der Waals surface area contributed by atoms with E-state index in [0.29, 0.717) is 0 Å². The lowest BCUT2D eigenvalue weighted by molar-refractivity contribution is -0.000734. The van der Waals surface area contributed by atoms with Crippen LogP contribution in [0, 0.1) is 11.3 Å². The van der Waals surface area contributed by atoms with Crippen LogP contribution in [0.4, 0.5) is 0 Å². The summed E-state index contributed by atoms with van der Waals surface area (Å²) < 4.78 is 25.9. The van der Waals surface area contributed by atoms with E-state index in [1.165, 1.54) is 12.1 Å². The van der Waals surface area contributed by atoms with Crippen molar-refractivity contribution in [3.63, 3.8) is 0 Å². The quantitative estimate of drug-likeness (QED) is 0.791. The Balaban J connectivity index is 2.37. The lowest BCUT2D eigenvalue weighted by Crippen LogP contribution is -2.38. The number of rotatable bonds is 3. The van der Waals surface area contributed by atoms with Gasteiger partial charge in [-0.3, -0.25) is 0 Å². The third-order valence-electron chi connectivity index (χ3n) is 3.22. The minimum absolute atomic E-state index is 0.0697. The molecule has 0 saturated carbocycles. The molecule has 0 aliphatic carbocycles. The van der Waals surface area contributed by atoms with Gasteiger partial charge in [0.15, 0.2) is 0 Å². The first kappa shape index (κ1) is 14.0. The Hall–Kier alpha value is -1.46. The summed E-state index contributed by atoms with van der Waals surface area (Å²) in [4.78, 5) is -0.0697. The number of nitrogens with zero attached hydrogens (tertiary/aromatic N) is 2. The molecule has 1 fully saturated rings. The summed E-state index contributed by atoms with van der Waals surface area (Å²) in [5.41, 5.74) is -1.32. The predicted octanol–water partition coefficient (Wildman–Crippen LogP) is -0.324. The highest BCUT2D eigenvalue weighted by atomic mass is 32.2. The van der Waals surface area contributed by atoms with Gasteiger partial charge in [-0.25, -0.2) is 8.42 Å². The zero-order valence-corrected chi connectivity index (χ0v) is 11.0. The van der Waals surface area contributed by atoms with E-state index in [9.17, 15) is 13.5 Å². The van der Waals surface area contributed by atoms with E-state index in [-0.39, 0.29) is 30.0 Å². The summed E-state index contributed by atoms with van der Waals surface area (Å²) in [5, 5.41) is 27.9. The van der Waals surface area contributed by atoms with Crippen LogP contribution in [0.15, 0.2) is 29.2 Å². The first-order valence-corrected chi connectivity index (χ1v) is 7.19. The topological polar surface area (TPSA) is 102 Å². The zero-order valence-electron chi connectivity index (χ0n) is 10.2. The molecule has 0 aromatic heterocycles. The van der Waals surface area contributed by atoms with Gasteiger partial charge in [0.05, 0.1) is 17.1 Å². The molecule has 0 bridgehead atoms. The minimum atomic E-state index is -3.82. The van der Waals surface area contributed by atoms with Gasteiger partial charge in [0.1, 0.15) is 11.7 Å². The molecule has 1 aliphatic rings. The van der Waals surface area contributed by atoms with Crippen molar-refractivity contribution in [2.75, 3.05) is 19.7 Å². The van der Waals surface area contributed by atoms with Crippen molar-refractivity contribution in [2.45, 2.75) is 16.9 Å². The van der Waals surface area contributed by atoms with E-state index in [1.807, 2.05) is 6.07 Å². The smallest absolute Gasteiger partial charge is 0.244 e. The number of benzene rings is 1. The van der Waals surface area contributed by atoms with Gasteiger partial charge < -0.3 is 10.2 Å². The molecule has 1 saturated heterocycles. The van der Waals surface area contributed by atoms with E-state index >= 15 is 0 Å². The van der Waals surface area contributed by atoms with Gasteiger partial charge in [0, 0.05) is 13.1 Å². The van der Waals surface area contributed by atoms with Crippen molar-refractivity contribution in [2.24, 2.45) is 0 Å². The molecule has 2 N–H and O–H groups in total. The first-order valence-electron chi connectivity index (χ1n) is 5.75. The maximum Gasteiger partial charge on any atom is 0.244 e. The second kappa shape index (κ2) is 4.90. The summed E-state index contributed by atoms with van der Waals surface area (Å²) in [6, 6.07) is 7.77. The molecule has 102 valence electrons. The van der Waals surface area contributed by atoms with Crippen molar-refractivity contribution < 1.29 is 18.6 Å². The highest BCUT2D eigenvalue weighted by Gasteiger charge is 2.41. The van der Waals surface area contributed by atoms with Crippen LogP contribution in [-0.4, -0.2) is 48.2 Å². The number of hydrogen-bond donors (Lipinski definition) is 2. The Morgan fingerprint density at radius 2 is 2.11 bits per heavy atom. The molecule has 0 amide bonds. The number of β-amino-alcohol motifs (C(OH)–C–C–N with tert-alkyl or cyclic N) is 1. The standard InChI is InChI=1S/C12H14N2O4S/c13-7-10-3-1-2-4-11(10)19(17,18)14-6-5-12(16,8-14)9-15/h1-4,15-16H,5-6,8-9H2/t12-/m1/s1. The zero-order chi connectivity index (χ0) is 14.1. The molecule has 2 rings (SSSR count). The lowest BCUT2D eigenvalue weighted by Gasteiger charge is -2.21. The predicted molar refractivity (Wildman–Crippen MR) is 66.6 cm³/mol. The third-order valence-corrected chi connectivity index (χ3v) is 5.12. The number of nitriles is 1. The largest absolute Gasteiger partial charge is 0.393 e. The summed E-state index contributed by atoms with van der Waals surface area (Å²) in [7, 11) is -3.82. The second-order valence-corrected chi connectivity index (χ2v) is 6.49. The number of aliphatic hydroxyl groups is 2. The van der Waals surface area contributed by atoms with Gasteiger partial charge >= 0.3 is 0 Å². The Kier molecular flexibility index (Phi) is 3.60. The molecule has 1 aromatic carbocycles. The van der Waals surface area contributed by atoms with Crippen molar-refractivity contribution in [3.8, 4) is 6.07 Å². The van der Waals surface area contributed by atoms with Gasteiger partial charge in [-0.15, -0.1) is 0 Å². The van der Waals surface area contributed by atoms with Crippen molar-refractivity contribution in [3.05, 3.63) is 29.8 Å². The maximum atomic E-state index is 12.4. The van der Waals surface area contributed by atoms with Crippen LogP contribution in [0.5, 0.6) is 0 Å². The van der Waals surface area contributed by atoms with Gasteiger partial charge in [0.25, 0.3) is 0 Å². The van der Waals surface area contributed by atoms with E-state index in [1.54, 1.807) is 12.1 Å². The summed E-state index contributed by atoms with van der Waals surface area (Å²) in [6.45, 7) is -0.524. The van der Waals surface area contributed by atoms with E-state index < -0.39 is 22.2 Å². The summed E-state index contributed by atoms with van der Waals surface area (Å²) in [5.74, 6) is 0. The van der Waals surface area contributed by atoms with Gasteiger partial charge in [-0.05, 0) is 18.6 Å². The fourth-order valence-corrected chi connectivity index (χ4v) is 3.74. The summed E-state index contributed by atoms with van der Waals surface area (Å²) >= 11 is 0. The molecule has 6 nitrogen and oxygen atoms in total. The molecule has 1 aliphatic heterocycles. The maximum absolute atomic E-state index is 12.4. The van der Waals surface area contributed by atoms with Crippen LogP contribution in [0.2, 0.25) is 0 Å². The highest BCUT2D eigenvalue weighted by Crippen LogP contribution is 2.28. The van der Waals surface area contributed by atoms with E-state index in [4.69, 9.17) is 10.4 Å². The van der Waals surface area contributed by atoms with Crippen LogP contribution in [-0.2, 0) is 10.0 Å². The van der Waals surface area contributed by atoms with Crippen molar-refractivity contribution in [1.82, 2.24) is 4.31 Å². The summed E-state index contributed by atoms with van der Waals surface area (Å²) in [6.07, 6.45) is 0.178. The van der Waals surface area contributed by atoms with Crippen LogP contribution in [0.3, 0.4) is 0 Å². The van der Waals surface area contributed by atoms with Crippen LogP contribution < -0.4 is 0 Å². The van der Waals surface area contributed by atoms with Crippen molar-refractivity contribution >= 4 is 10.0 Å². The molecular formula is C12H14N2O4S. The average molecular weight is 282 g/mol. The third kappa shape index (κ3) is 2.48. The fraction of sp³-hybridized carbons (Fsp3) is 0.417. The average Bonchev–Trinajstić information content (AvgIpc) is 2.83. The van der Waals surface area contributed by atoms with Gasteiger partial charge in [-0.1, -0.05) is 12.1 Å². The molecule has 1 heterocycles. The number of hydrogen-bond acceptors (Lipinski definition) is 5. The van der Waals surface area contributed by atoms with Gasteiger partial charge in [0.2, 0.25) is 10.0 Å². The molecule has 0 unspecified atom stereocenters. The first-order chi connectivity index (χ1) is 8.93. The minimum Gasteiger partial charge on any atom is -0.393 e. The molecular weight excluding hydrogens is 268 g/mol. The second-order valence-electron chi connectivity index (χ2n) is 4.58.